The van der Waals surface area contributed by atoms with Crippen molar-refractivity contribution in [2.45, 2.75) is 20.0 Å². The Kier molecular flexibility index (Phi) is 6.81. The number of carbonyl (C=O) groups is 1. The maximum Gasteiger partial charge on any atom is 0.264 e. The van der Waals surface area contributed by atoms with E-state index in [1.165, 1.54) is 0 Å². The van der Waals surface area contributed by atoms with E-state index in [1.807, 2.05) is 48.9 Å². The van der Waals surface area contributed by atoms with Crippen LogP contribution in [0.4, 0.5) is 0 Å². The van der Waals surface area contributed by atoms with Crippen molar-refractivity contribution < 1.29 is 17.9 Å². The van der Waals surface area contributed by atoms with Crippen LogP contribution >= 0.6 is 12.4 Å². The topological polar surface area (TPSA) is 72.5 Å². The number of ether oxygens (including phenoxy) is 1. The third-order valence-corrected chi connectivity index (χ3v) is 3.53. The van der Waals surface area contributed by atoms with E-state index in [4.69, 9.17) is 4.74 Å². The monoisotopic (exact) mass is 369 g/mol. The standard InChI is InChI=1S/C17H19NO4S.ClH/c1-12(2)22-16-11-14(17(19)18-23(3,20)21)9-10-15(16)13-7-5-4-6-8-13;/h4-12H,1-3H3,(H,18,19);1H. The van der Waals surface area contributed by atoms with Crippen molar-refractivity contribution in [1.82, 2.24) is 4.72 Å². The summed E-state index contributed by atoms with van der Waals surface area (Å²) in [7, 11) is -3.61. The molecule has 0 saturated carbocycles. The van der Waals surface area contributed by atoms with E-state index in [-0.39, 0.29) is 24.1 Å². The molecule has 0 radical (unpaired) electrons. The van der Waals surface area contributed by atoms with Gasteiger partial charge in [-0.25, -0.2) is 13.1 Å². The summed E-state index contributed by atoms with van der Waals surface area (Å²) < 4.78 is 30.1. The highest BCUT2D eigenvalue weighted by atomic mass is 35.5. The highest BCUT2D eigenvalue weighted by Crippen LogP contribution is 2.31. The summed E-state index contributed by atoms with van der Waals surface area (Å²) in [4.78, 5) is 12.0. The van der Waals surface area contributed by atoms with E-state index < -0.39 is 15.9 Å². The van der Waals surface area contributed by atoms with E-state index in [1.54, 1.807) is 18.2 Å². The summed E-state index contributed by atoms with van der Waals surface area (Å²) in [5.41, 5.74) is 2.03. The van der Waals surface area contributed by atoms with Crippen molar-refractivity contribution in [3.8, 4) is 16.9 Å². The summed E-state index contributed by atoms with van der Waals surface area (Å²) >= 11 is 0. The van der Waals surface area contributed by atoms with E-state index in [0.717, 1.165) is 17.4 Å². The number of hydrogen-bond donors (Lipinski definition) is 1. The van der Waals surface area contributed by atoms with Crippen molar-refractivity contribution >= 4 is 28.3 Å². The molecule has 0 spiro atoms. The first-order valence-electron chi connectivity index (χ1n) is 7.14. The second kappa shape index (κ2) is 8.17. The lowest BCUT2D eigenvalue weighted by atomic mass is 10.0. The Bertz CT molecular complexity index is 805. The number of amides is 1. The second-order valence-electron chi connectivity index (χ2n) is 5.45. The van der Waals surface area contributed by atoms with Gasteiger partial charge < -0.3 is 4.74 Å². The summed E-state index contributed by atoms with van der Waals surface area (Å²) in [5.74, 6) is -0.145. The minimum absolute atomic E-state index is 0. The number of halogens is 1. The van der Waals surface area contributed by atoms with Gasteiger partial charge in [0, 0.05) is 11.1 Å². The van der Waals surface area contributed by atoms with Crippen molar-refractivity contribution in [2.75, 3.05) is 6.26 Å². The average molecular weight is 370 g/mol. The van der Waals surface area contributed by atoms with Gasteiger partial charge in [0.2, 0.25) is 10.0 Å². The molecule has 0 saturated heterocycles. The normalized spacial score (nSPS) is 10.8. The van der Waals surface area contributed by atoms with Crippen LogP contribution in [0.1, 0.15) is 24.2 Å². The molecule has 5 nitrogen and oxygen atoms in total. The van der Waals surface area contributed by atoms with Gasteiger partial charge in [-0.2, -0.15) is 0 Å². The molecule has 0 atom stereocenters. The Morgan fingerprint density at radius 2 is 1.71 bits per heavy atom. The van der Waals surface area contributed by atoms with Crippen molar-refractivity contribution in [1.29, 1.82) is 0 Å². The molecule has 7 heteroatoms. The number of rotatable bonds is 5. The Hall–Kier alpha value is -2.05. The summed E-state index contributed by atoms with van der Waals surface area (Å²) in [6.45, 7) is 3.77. The van der Waals surface area contributed by atoms with Gasteiger partial charge in [0.25, 0.3) is 5.91 Å². The van der Waals surface area contributed by atoms with Crippen LogP contribution in [-0.2, 0) is 10.0 Å². The molecule has 0 bridgehead atoms. The molecule has 0 heterocycles. The summed E-state index contributed by atoms with van der Waals surface area (Å²) in [5, 5.41) is 0. The van der Waals surface area contributed by atoms with Crippen molar-refractivity contribution in [3.05, 3.63) is 54.1 Å². The van der Waals surface area contributed by atoms with Gasteiger partial charge in [-0.15, -0.1) is 12.4 Å². The Morgan fingerprint density at radius 1 is 1.08 bits per heavy atom. The fraction of sp³-hybridized carbons (Fsp3) is 0.235. The summed E-state index contributed by atoms with van der Waals surface area (Å²) in [6.07, 6.45) is 0.861. The molecule has 2 aromatic rings. The fourth-order valence-corrected chi connectivity index (χ4v) is 2.55. The smallest absolute Gasteiger partial charge is 0.264 e. The minimum Gasteiger partial charge on any atom is -0.490 e. The number of carbonyl (C=O) groups excluding carboxylic acids is 1. The lowest BCUT2D eigenvalue weighted by Gasteiger charge is -2.16. The van der Waals surface area contributed by atoms with E-state index in [9.17, 15) is 13.2 Å². The first-order chi connectivity index (χ1) is 10.8. The molecule has 0 fully saturated rings. The Morgan fingerprint density at radius 3 is 2.25 bits per heavy atom. The Labute approximate surface area is 148 Å². The van der Waals surface area contributed by atoms with Gasteiger partial charge in [0.05, 0.1) is 12.4 Å². The molecule has 2 rings (SSSR count). The predicted octanol–water partition coefficient (Wildman–Crippen LogP) is 3.25. The molecule has 2 aromatic carbocycles. The number of nitrogens with one attached hydrogen (secondary N) is 1. The van der Waals surface area contributed by atoms with Crippen molar-refractivity contribution in [2.24, 2.45) is 0 Å². The maximum atomic E-state index is 12.0. The molecule has 0 aromatic heterocycles. The van der Waals surface area contributed by atoms with Crippen LogP contribution in [-0.4, -0.2) is 26.7 Å². The molecule has 130 valence electrons. The van der Waals surface area contributed by atoms with Crippen LogP contribution in [0.15, 0.2) is 48.5 Å². The second-order valence-corrected chi connectivity index (χ2v) is 7.20. The van der Waals surface area contributed by atoms with Crippen LogP contribution in [0.25, 0.3) is 11.1 Å². The quantitative estimate of drug-likeness (QED) is 0.878. The number of hydrogen-bond acceptors (Lipinski definition) is 4. The zero-order chi connectivity index (χ0) is 17.0. The summed E-state index contributed by atoms with van der Waals surface area (Å²) in [6, 6.07) is 14.5. The SMILES string of the molecule is CC(C)Oc1cc(C(=O)NS(C)(=O)=O)ccc1-c1ccccc1.Cl. The Balaban J connectivity index is 0.00000288. The number of sulfonamides is 1. The molecular formula is C17H20ClNO4S. The van der Waals surface area contributed by atoms with Crippen LogP contribution in [0.2, 0.25) is 0 Å². The number of benzene rings is 2. The molecule has 0 aliphatic carbocycles. The molecule has 1 amide bonds. The van der Waals surface area contributed by atoms with Crippen LogP contribution in [0.5, 0.6) is 5.75 Å². The molecular weight excluding hydrogens is 350 g/mol. The van der Waals surface area contributed by atoms with Gasteiger partial charge in [-0.1, -0.05) is 30.3 Å². The molecule has 0 aliphatic rings. The van der Waals surface area contributed by atoms with Gasteiger partial charge in [0.1, 0.15) is 5.75 Å². The maximum absolute atomic E-state index is 12.0. The van der Waals surface area contributed by atoms with Crippen LogP contribution in [0.3, 0.4) is 0 Å². The van der Waals surface area contributed by atoms with E-state index in [2.05, 4.69) is 0 Å². The first-order valence-corrected chi connectivity index (χ1v) is 9.03. The van der Waals surface area contributed by atoms with Gasteiger partial charge in [-0.3, -0.25) is 4.79 Å². The van der Waals surface area contributed by atoms with Gasteiger partial charge in [0.15, 0.2) is 0 Å². The largest absolute Gasteiger partial charge is 0.490 e. The highest BCUT2D eigenvalue weighted by molar-refractivity contribution is 7.89. The van der Waals surface area contributed by atoms with E-state index >= 15 is 0 Å². The predicted molar refractivity (Wildman–Crippen MR) is 97.2 cm³/mol. The van der Waals surface area contributed by atoms with Gasteiger partial charge >= 0.3 is 0 Å². The zero-order valence-corrected chi connectivity index (χ0v) is 15.3. The minimum atomic E-state index is -3.61. The highest BCUT2D eigenvalue weighted by Gasteiger charge is 2.15. The van der Waals surface area contributed by atoms with Crippen molar-refractivity contribution in [3.63, 3.8) is 0 Å². The molecule has 0 aliphatic heterocycles. The zero-order valence-electron chi connectivity index (χ0n) is 13.6. The fourth-order valence-electron chi connectivity index (χ4n) is 2.10. The lowest BCUT2D eigenvalue weighted by molar-refractivity contribution is 0.0981. The third kappa shape index (κ3) is 5.54. The van der Waals surface area contributed by atoms with Gasteiger partial charge in [-0.05, 0) is 37.6 Å². The van der Waals surface area contributed by atoms with E-state index in [0.29, 0.717) is 5.75 Å². The average Bonchev–Trinajstić information content (AvgIpc) is 2.45. The molecule has 1 N–H and O–H groups in total. The lowest BCUT2D eigenvalue weighted by Crippen LogP contribution is -2.29. The molecule has 0 unspecified atom stereocenters. The first kappa shape index (κ1) is 20.0. The molecule has 24 heavy (non-hydrogen) atoms. The van der Waals surface area contributed by atoms with Crippen LogP contribution < -0.4 is 9.46 Å². The third-order valence-electron chi connectivity index (χ3n) is 2.97. The van der Waals surface area contributed by atoms with Crippen LogP contribution in [0, 0.1) is 0 Å².